The number of ether oxygens (including phenoxy) is 2. The van der Waals surface area contributed by atoms with Crippen molar-refractivity contribution in [3.8, 4) is 5.88 Å². The Hall–Kier alpha value is -1.99. The van der Waals surface area contributed by atoms with E-state index in [2.05, 4.69) is 14.5 Å². The number of rotatable bonds is 3. The van der Waals surface area contributed by atoms with Crippen LogP contribution < -0.4 is 10.5 Å². The van der Waals surface area contributed by atoms with E-state index in [4.69, 9.17) is 5.73 Å². The highest BCUT2D eigenvalue weighted by Gasteiger charge is 2.39. The summed E-state index contributed by atoms with van der Waals surface area (Å²) in [5.74, 6) is -1.35. The zero-order valence-corrected chi connectivity index (χ0v) is 9.62. The fraction of sp³-hybridized carbons (Fsp3) is 0.400. The van der Waals surface area contributed by atoms with E-state index in [0.717, 1.165) is 26.3 Å². The molecule has 1 unspecified atom stereocenters. The van der Waals surface area contributed by atoms with Gasteiger partial charge >= 0.3 is 12.1 Å². The van der Waals surface area contributed by atoms with E-state index >= 15 is 0 Å². The summed E-state index contributed by atoms with van der Waals surface area (Å²) in [5, 5.41) is 0. The van der Waals surface area contributed by atoms with E-state index in [1.165, 1.54) is 0 Å². The number of hydrogen-bond acceptors (Lipinski definition) is 5. The van der Waals surface area contributed by atoms with Crippen LogP contribution in [-0.2, 0) is 4.74 Å². The standard InChI is InChI=1S/C10H11F3N2O3/c1-5(10(11,12)13)18-8-7(9(16)17-2)3-6(14)4-15-8/h3-5H,14H2,1-2H3. The van der Waals surface area contributed by atoms with Crippen LogP contribution in [-0.4, -0.2) is 30.3 Å². The molecule has 0 fully saturated rings. The molecule has 0 aliphatic carbocycles. The number of nitrogens with two attached hydrogens (primary N) is 1. The normalized spacial score (nSPS) is 12.9. The van der Waals surface area contributed by atoms with Gasteiger partial charge in [-0.15, -0.1) is 0 Å². The smallest absolute Gasteiger partial charge is 0.425 e. The number of anilines is 1. The van der Waals surface area contributed by atoms with Gasteiger partial charge in [0, 0.05) is 0 Å². The molecule has 1 atom stereocenters. The van der Waals surface area contributed by atoms with Crippen LogP contribution in [0.4, 0.5) is 18.9 Å². The quantitative estimate of drug-likeness (QED) is 0.842. The lowest BCUT2D eigenvalue weighted by Gasteiger charge is -2.18. The molecule has 100 valence electrons. The Kier molecular flexibility index (Phi) is 4.00. The summed E-state index contributed by atoms with van der Waals surface area (Å²) in [7, 11) is 1.09. The Morgan fingerprint density at radius 1 is 1.50 bits per heavy atom. The number of carbonyl (C=O) groups excluding carboxylic acids is 1. The highest BCUT2D eigenvalue weighted by atomic mass is 19.4. The molecule has 1 aromatic rings. The van der Waals surface area contributed by atoms with Crippen molar-refractivity contribution in [3.63, 3.8) is 0 Å². The fourth-order valence-electron chi connectivity index (χ4n) is 1.05. The number of esters is 1. The van der Waals surface area contributed by atoms with Gasteiger partial charge in [-0.3, -0.25) is 0 Å². The van der Waals surface area contributed by atoms with Crippen molar-refractivity contribution in [3.05, 3.63) is 17.8 Å². The van der Waals surface area contributed by atoms with Crippen LogP contribution in [0.3, 0.4) is 0 Å². The third-order valence-electron chi connectivity index (χ3n) is 2.03. The lowest BCUT2D eigenvalue weighted by atomic mass is 10.2. The SMILES string of the molecule is COC(=O)c1cc(N)cnc1OC(C)C(F)(F)F. The molecule has 2 N–H and O–H groups in total. The van der Waals surface area contributed by atoms with Gasteiger partial charge in [0.05, 0.1) is 19.0 Å². The first-order valence-corrected chi connectivity index (χ1v) is 4.83. The highest BCUT2D eigenvalue weighted by molar-refractivity contribution is 5.92. The van der Waals surface area contributed by atoms with Crippen LogP contribution >= 0.6 is 0 Å². The predicted molar refractivity (Wildman–Crippen MR) is 56.1 cm³/mol. The Morgan fingerprint density at radius 2 is 2.11 bits per heavy atom. The number of carbonyl (C=O) groups is 1. The van der Waals surface area contributed by atoms with Crippen LogP contribution in [0.5, 0.6) is 5.88 Å². The van der Waals surface area contributed by atoms with Gasteiger partial charge < -0.3 is 15.2 Å². The molecule has 0 aliphatic heterocycles. The monoisotopic (exact) mass is 264 g/mol. The highest BCUT2D eigenvalue weighted by Crippen LogP contribution is 2.26. The minimum atomic E-state index is -4.56. The second kappa shape index (κ2) is 5.11. The van der Waals surface area contributed by atoms with Crippen LogP contribution in [0.1, 0.15) is 17.3 Å². The van der Waals surface area contributed by atoms with Gasteiger partial charge in [-0.25, -0.2) is 9.78 Å². The summed E-state index contributed by atoms with van der Waals surface area (Å²) in [6.45, 7) is 0.805. The Morgan fingerprint density at radius 3 is 2.61 bits per heavy atom. The first-order valence-electron chi connectivity index (χ1n) is 4.83. The molecule has 1 rings (SSSR count). The molecule has 0 bridgehead atoms. The summed E-state index contributed by atoms with van der Waals surface area (Å²) < 4.78 is 46.0. The molecular formula is C10H11F3N2O3. The number of alkyl halides is 3. The molecule has 0 saturated heterocycles. The number of pyridine rings is 1. The average molecular weight is 264 g/mol. The summed E-state index contributed by atoms with van der Waals surface area (Å²) in [6.07, 6.45) is -5.57. The van der Waals surface area contributed by atoms with Crippen LogP contribution in [0.25, 0.3) is 0 Å². The molecule has 0 spiro atoms. The van der Waals surface area contributed by atoms with Gasteiger partial charge in [0.15, 0.2) is 6.10 Å². The van der Waals surface area contributed by atoms with Crippen LogP contribution in [0, 0.1) is 0 Å². The molecule has 8 heteroatoms. The van der Waals surface area contributed by atoms with Crippen LogP contribution in [0.2, 0.25) is 0 Å². The van der Waals surface area contributed by atoms with E-state index in [9.17, 15) is 18.0 Å². The third kappa shape index (κ3) is 3.25. The Labute approximate surface area is 101 Å². The van der Waals surface area contributed by atoms with Gasteiger partial charge in [-0.1, -0.05) is 0 Å². The Balaban J connectivity index is 3.05. The topological polar surface area (TPSA) is 74.4 Å². The number of nitrogens with zero attached hydrogens (tertiary/aromatic N) is 1. The number of nitrogen functional groups attached to an aromatic ring is 1. The van der Waals surface area contributed by atoms with Crippen molar-refractivity contribution < 1.29 is 27.4 Å². The molecule has 1 aromatic heterocycles. The van der Waals surface area contributed by atoms with Crippen molar-refractivity contribution in [1.29, 1.82) is 0 Å². The fourth-order valence-corrected chi connectivity index (χ4v) is 1.05. The zero-order valence-electron chi connectivity index (χ0n) is 9.62. The minimum absolute atomic E-state index is 0.113. The lowest BCUT2D eigenvalue weighted by Crippen LogP contribution is -2.32. The van der Waals surface area contributed by atoms with Gasteiger partial charge in [0.25, 0.3) is 0 Å². The van der Waals surface area contributed by atoms with Crippen molar-refractivity contribution in [2.24, 2.45) is 0 Å². The van der Waals surface area contributed by atoms with E-state index in [0.29, 0.717) is 0 Å². The van der Waals surface area contributed by atoms with E-state index < -0.39 is 24.1 Å². The zero-order chi connectivity index (χ0) is 13.9. The first kappa shape index (κ1) is 14.1. The largest absolute Gasteiger partial charge is 0.465 e. The maximum atomic E-state index is 12.3. The van der Waals surface area contributed by atoms with Gasteiger partial charge in [0.2, 0.25) is 5.88 Å². The molecule has 0 amide bonds. The molecule has 0 saturated carbocycles. The van der Waals surface area contributed by atoms with Gasteiger partial charge in [-0.05, 0) is 13.0 Å². The Bertz CT molecular complexity index is 448. The van der Waals surface area contributed by atoms with Crippen molar-refractivity contribution in [2.45, 2.75) is 19.2 Å². The second-order valence-corrected chi connectivity index (χ2v) is 3.41. The average Bonchev–Trinajstić information content (AvgIpc) is 2.29. The van der Waals surface area contributed by atoms with Crippen molar-refractivity contribution in [1.82, 2.24) is 4.98 Å². The first-order chi connectivity index (χ1) is 8.25. The molecule has 1 heterocycles. The molecule has 0 aromatic carbocycles. The lowest BCUT2D eigenvalue weighted by molar-refractivity contribution is -0.190. The molecule has 18 heavy (non-hydrogen) atoms. The van der Waals surface area contributed by atoms with Crippen LogP contribution in [0.15, 0.2) is 12.3 Å². The van der Waals surface area contributed by atoms with Gasteiger partial charge in [0.1, 0.15) is 5.56 Å². The minimum Gasteiger partial charge on any atom is -0.465 e. The molecule has 0 radical (unpaired) electrons. The van der Waals surface area contributed by atoms with Crippen molar-refractivity contribution in [2.75, 3.05) is 12.8 Å². The summed E-state index contributed by atoms with van der Waals surface area (Å²) in [6, 6.07) is 1.14. The maximum Gasteiger partial charge on any atom is 0.425 e. The summed E-state index contributed by atoms with van der Waals surface area (Å²) >= 11 is 0. The van der Waals surface area contributed by atoms with Crippen molar-refractivity contribution >= 4 is 11.7 Å². The maximum absolute atomic E-state index is 12.3. The number of aromatic nitrogens is 1. The predicted octanol–water partition coefficient (Wildman–Crippen LogP) is 1.78. The van der Waals surface area contributed by atoms with E-state index in [1.54, 1.807) is 0 Å². The second-order valence-electron chi connectivity index (χ2n) is 3.41. The number of methoxy groups -OCH3 is 1. The number of halogens is 3. The molecule has 5 nitrogen and oxygen atoms in total. The van der Waals surface area contributed by atoms with Gasteiger partial charge in [-0.2, -0.15) is 13.2 Å². The molecule has 0 aliphatic rings. The van der Waals surface area contributed by atoms with E-state index in [1.807, 2.05) is 0 Å². The summed E-state index contributed by atoms with van der Waals surface area (Å²) in [4.78, 5) is 14.9. The third-order valence-corrected chi connectivity index (χ3v) is 2.03. The summed E-state index contributed by atoms with van der Waals surface area (Å²) in [5.41, 5.74) is 5.25. The van der Waals surface area contributed by atoms with E-state index in [-0.39, 0.29) is 11.3 Å². The molecular weight excluding hydrogens is 253 g/mol. The number of hydrogen-bond donors (Lipinski definition) is 1.